The van der Waals surface area contributed by atoms with Crippen molar-refractivity contribution < 1.29 is 41.0 Å². The zero-order valence-corrected chi connectivity index (χ0v) is 32.8. The lowest BCUT2D eigenvalue weighted by atomic mass is 9.73. The minimum atomic E-state index is -2.88. The summed E-state index contributed by atoms with van der Waals surface area (Å²) in [5, 5.41) is 3.25. The summed E-state index contributed by atoms with van der Waals surface area (Å²) in [6.07, 6.45) is 3.24. The molecular weight excluding hydrogens is 743 g/mol. The number of fused-ring (bicyclic) bond motifs is 5. The molecule has 0 aromatic heterocycles. The van der Waals surface area contributed by atoms with Gasteiger partial charge in [-0.3, -0.25) is 9.69 Å². The monoisotopic (exact) mass is 794 g/mol. The van der Waals surface area contributed by atoms with Gasteiger partial charge in [0.1, 0.15) is 11.4 Å². The second-order valence-corrected chi connectivity index (χ2v) is 17.8. The highest BCUT2D eigenvalue weighted by Crippen LogP contribution is 2.54. The maximum absolute atomic E-state index is 14.9. The Morgan fingerprint density at radius 2 is 1.68 bits per heavy atom. The van der Waals surface area contributed by atoms with Crippen molar-refractivity contribution in [1.29, 1.82) is 0 Å². The van der Waals surface area contributed by atoms with Gasteiger partial charge in [-0.15, -0.1) is 0 Å². The number of anilines is 3. The van der Waals surface area contributed by atoms with E-state index in [2.05, 4.69) is 10.2 Å². The van der Waals surface area contributed by atoms with Gasteiger partial charge in [0.15, 0.2) is 11.6 Å². The van der Waals surface area contributed by atoms with Crippen LogP contribution in [-0.2, 0) is 26.1 Å². The highest BCUT2D eigenvalue weighted by Gasteiger charge is 2.50. The van der Waals surface area contributed by atoms with Crippen molar-refractivity contribution in [3.05, 3.63) is 88.7 Å². The second-order valence-electron chi connectivity index (χ2n) is 17.8. The fourth-order valence-electron chi connectivity index (χ4n) is 10.1. The molecule has 0 saturated carbocycles. The van der Waals surface area contributed by atoms with E-state index in [4.69, 9.17) is 9.47 Å². The van der Waals surface area contributed by atoms with Crippen molar-refractivity contribution in [1.82, 2.24) is 5.32 Å². The fraction of sp³-hybridized carbons (Fsp3) is 0.545. The third-order valence-electron chi connectivity index (χ3n) is 12.7. The van der Waals surface area contributed by atoms with Gasteiger partial charge in [-0.25, -0.2) is 26.7 Å². The summed E-state index contributed by atoms with van der Waals surface area (Å²) in [7, 11) is 0. The molecule has 3 aromatic carbocycles. The van der Waals surface area contributed by atoms with Gasteiger partial charge in [0.25, 0.3) is 5.92 Å². The maximum atomic E-state index is 14.9. The number of nitrogens with zero attached hydrogens (tertiary/aromatic N) is 3. The number of hydrogen-bond donors (Lipinski definition) is 1. The Hall–Kier alpha value is -4.39. The number of benzene rings is 3. The Labute approximate surface area is 330 Å². The van der Waals surface area contributed by atoms with E-state index in [0.717, 1.165) is 35.7 Å². The zero-order chi connectivity index (χ0) is 40.3. The Kier molecular flexibility index (Phi) is 10.4. The van der Waals surface area contributed by atoms with E-state index >= 15 is 0 Å². The van der Waals surface area contributed by atoms with Gasteiger partial charge >= 0.3 is 6.09 Å². The van der Waals surface area contributed by atoms with Crippen molar-refractivity contribution in [2.75, 3.05) is 54.1 Å². The Morgan fingerprint density at radius 1 is 0.930 bits per heavy atom. The summed E-state index contributed by atoms with van der Waals surface area (Å²) < 4.78 is 83.7. The average Bonchev–Trinajstić information content (AvgIpc) is 3.63. The predicted octanol–water partition coefficient (Wildman–Crippen LogP) is 8.64. The normalized spacial score (nSPS) is 23.2. The molecule has 0 unspecified atom stereocenters. The van der Waals surface area contributed by atoms with E-state index in [0.29, 0.717) is 68.9 Å². The van der Waals surface area contributed by atoms with Crippen LogP contribution in [0.15, 0.2) is 54.6 Å². The minimum Gasteiger partial charge on any atom is -0.443 e. The lowest BCUT2D eigenvalue weighted by Crippen LogP contribution is -2.49. The summed E-state index contributed by atoms with van der Waals surface area (Å²) >= 11 is 0. The van der Waals surface area contributed by atoms with E-state index in [9.17, 15) is 31.5 Å². The quantitative estimate of drug-likeness (QED) is 0.242. The summed E-state index contributed by atoms with van der Waals surface area (Å²) in [4.78, 5) is 32.6. The first-order valence-corrected chi connectivity index (χ1v) is 20.2. The number of carbonyl (C=O) groups is 2. The van der Waals surface area contributed by atoms with E-state index in [-0.39, 0.29) is 54.4 Å². The second kappa shape index (κ2) is 15.1. The SMILES string of the molecule is CC(C)(C)OC(=O)N1C[C@@H]2CC(F)(F)CN2c2cc(N3CCC4(CC3)C[C@@H](CC(=O)N[C@H](Cc3ccc(F)c(F)c3)C3CCOCC3)c3ccc(F)cc34)ccc21. The van der Waals surface area contributed by atoms with Crippen LogP contribution in [0.25, 0.3) is 0 Å². The number of piperidine rings is 1. The van der Waals surface area contributed by atoms with Crippen LogP contribution in [0.5, 0.6) is 0 Å². The number of carbonyl (C=O) groups excluding carboxylic acids is 2. The smallest absolute Gasteiger partial charge is 0.414 e. The van der Waals surface area contributed by atoms with Crippen LogP contribution < -0.4 is 20.0 Å². The van der Waals surface area contributed by atoms with E-state index < -0.39 is 41.8 Å². The lowest BCUT2D eigenvalue weighted by molar-refractivity contribution is -0.122. The summed E-state index contributed by atoms with van der Waals surface area (Å²) in [6, 6.07) is 13.6. The maximum Gasteiger partial charge on any atom is 0.414 e. The molecule has 5 aliphatic rings. The molecule has 3 saturated heterocycles. The average molecular weight is 795 g/mol. The number of halogens is 5. The molecule has 306 valence electrons. The van der Waals surface area contributed by atoms with Crippen molar-refractivity contribution in [2.45, 2.75) is 107 Å². The lowest BCUT2D eigenvalue weighted by Gasteiger charge is -2.43. The Balaban J connectivity index is 0.986. The highest BCUT2D eigenvalue weighted by molar-refractivity contribution is 5.95. The number of rotatable bonds is 7. The molecule has 1 aliphatic carbocycles. The number of nitrogens with one attached hydrogen (secondary N) is 1. The summed E-state index contributed by atoms with van der Waals surface area (Å²) in [6.45, 7) is 7.42. The molecule has 0 radical (unpaired) electrons. The first-order chi connectivity index (χ1) is 27.1. The first kappa shape index (κ1) is 39.4. The van der Waals surface area contributed by atoms with Crippen LogP contribution in [-0.4, -0.2) is 75.0 Å². The van der Waals surface area contributed by atoms with Gasteiger partial charge in [0.2, 0.25) is 5.91 Å². The minimum absolute atomic E-state index is 0.114. The molecule has 3 fully saturated rings. The third-order valence-corrected chi connectivity index (χ3v) is 12.7. The Morgan fingerprint density at radius 3 is 2.40 bits per heavy atom. The predicted molar refractivity (Wildman–Crippen MR) is 208 cm³/mol. The van der Waals surface area contributed by atoms with Crippen LogP contribution in [0.1, 0.15) is 88.3 Å². The molecule has 4 aliphatic heterocycles. The molecule has 57 heavy (non-hydrogen) atoms. The molecule has 1 spiro atoms. The number of alkyl halides is 2. The number of amides is 2. The molecular formula is C44H51F5N4O4. The molecule has 3 aromatic rings. The molecule has 4 heterocycles. The molecule has 8 rings (SSSR count). The topological polar surface area (TPSA) is 74.4 Å². The molecule has 8 nitrogen and oxygen atoms in total. The van der Waals surface area contributed by atoms with Crippen LogP contribution in [0, 0.1) is 23.4 Å². The van der Waals surface area contributed by atoms with E-state index in [1.807, 2.05) is 24.3 Å². The fourth-order valence-corrected chi connectivity index (χ4v) is 10.1. The number of ether oxygens (including phenoxy) is 2. The van der Waals surface area contributed by atoms with Crippen molar-refractivity contribution >= 4 is 29.1 Å². The number of hydrogen-bond acceptors (Lipinski definition) is 6. The van der Waals surface area contributed by atoms with Crippen LogP contribution in [0.3, 0.4) is 0 Å². The van der Waals surface area contributed by atoms with Crippen molar-refractivity contribution in [2.24, 2.45) is 5.92 Å². The van der Waals surface area contributed by atoms with Crippen LogP contribution >= 0.6 is 0 Å². The first-order valence-electron chi connectivity index (χ1n) is 20.2. The Bertz CT molecular complexity index is 2010. The molecule has 2 amide bonds. The third kappa shape index (κ3) is 8.18. The van der Waals surface area contributed by atoms with Crippen molar-refractivity contribution in [3.63, 3.8) is 0 Å². The van der Waals surface area contributed by atoms with E-state index in [1.165, 1.54) is 17.0 Å². The standard InChI is InChI=1S/C44H51F5N4O4/c1-42(2,3)57-41(55)52-25-32-24-44(48,49)26-53(32)39-22-31(6-9-38(39)52)51-14-12-43(13-15-51)23-29(33-7-5-30(45)21-34(33)43)20-40(54)50-37(28-10-16-56-17-11-28)19-27-4-8-35(46)36(47)18-27/h4-9,18,21-22,28-29,32,37H,10-17,19-20,23-26H2,1-3H3,(H,50,54)/t29-,32+,37-/m1/s1. The van der Waals surface area contributed by atoms with Crippen LogP contribution in [0.4, 0.5) is 43.8 Å². The summed E-state index contributed by atoms with van der Waals surface area (Å²) in [5.74, 6) is -5.20. The van der Waals surface area contributed by atoms with Gasteiger partial charge in [-0.1, -0.05) is 12.1 Å². The largest absolute Gasteiger partial charge is 0.443 e. The van der Waals surface area contributed by atoms with E-state index in [1.54, 1.807) is 37.8 Å². The molecule has 0 bridgehead atoms. The van der Waals surface area contributed by atoms with Gasteiger partial charge in [0, 0.05) is 57.4 Å². The van der Waals surface area contributed by atoms with Crippen molar-refractivity contribution in [3.8, 4) is 0 Å². The van der Waals surface area contributed by atoms with Gasteiger partial charge in [-0.2, -0.15) is 0 Å². The van der Waals surface area contributed by atoms with Crippen LogP contribution in [0.2, 0.25) is 0 Å². The molecule has 3 atom stereocenters. The molecule has 13 heteroatoms. The highest BCUT2D eigenvalue weighted by atomic mass is 19.3. The van der Waals surface area contributed by atoms with Gasteiger partial charge in [0.05, 0.1) is 24.0 Å². The molecule has 1 N–H and O–H groups in total. The van der Waals surface area contributed by atoms with Gasteiger partial charge in [-0.05, 0) is 136 Å². The van der Waals surface area contributed by atoms with Gasteiger partial charge < -0.3 is 24.6 Å². The summed E-state index contributed by atoms with van der Waals surface area (Å²) in [5.41, 5.74) is 3.39. The zero-order valence-electron chi connectivity index (χ0n) is 32.8.